The van der Waals surface area contributed by atoms with Gasteiger partial charge >= 0.3 is 0 Å². The summed E-state index contributed by atoms with van der Waals surface area (Å²) in [5.74, 6) is 2.89. The molecule has 2 atom stereocenters. The summed E-state index contributed by atoms with van der Waals surface area (Å²) in [4.78, 5) is 13.7. The minimum absolute atomic E-state index is 0.310. The average Bonchev–Trinajstić information content (AvgIpc) is 2.52. The zero-order chi connectivity index (χ0) is 19.9. The molecule has 0 aliphatic carbocycles. The van der Waals surface area contributed by atoms with Crippen molar-refractivity contribution in [1.82, 2.24) is 4.90 Å². The topological polar surface area (TPSA) is 20.3 Å². The van der Waals surface area contributed by atoms with Crippen molar-refractivity contribution in [1.29, 1.82) is 0 Å². The van der Waals surface area contributed by atoms with Gasteiger partial charge in [-0.25, -0.2) is 0 Å². The van der Waals surface area contributed by atoms with E-state index in [9.17, 15) is 4.79 Å². The summed E-state index contributed by atoms with van der Waals surface area (Å²) < 4.78 is 0. The van der Waals surface area contributed by atoms with E-state index in [2.05, 4.69) is 40.7 Å². The van der Waals surface area contributed by atoms with Gasteiger partial charge in [-0.2, -0.15) is 0 Å². The summed E-state index contributed by atoms with van der Waals surface area (Å²) in [6, 6.07) is 0. The van der Waals surface area contributed by atoms with Gasteiger partial charge in [0, 0.05) is 6.42 Å². The second-order valence-electron chi connectivity index (χ2n) is 9.39. The highest BCUT2D eigenvalue weighted by Gasteiger charge is 2.07. The van der Waals surface area contributed by atoms with Crippen molar-refractivity contribution in [3.8, 4) is 0 Å². The third-order valence-electron chi connectivity index (χ3n) is 5.31. The molecule has 0 amide bonds. The Labute approximate surface area is 164 Å². The van der Waals surface area contributed by atoms with E-state index in [1.807, 2.05) is 19.0 Å². The molecule has 0 rings (SSSR count). The van der Waals surface area contributed by atoms with Crippen LogP contribution in [0.4, 0.5) is 0 Å². The van der Waals surface area contributed by atoms with Crippen molar-refractivity contribution in [3.63, 3.8) is 0 Å². The summed E-state index contributed by atoms with van der Waals surface area (Å²) in [6.07, 6.45) is 14.8. The van der Waals surface area contributed by atoms with Crippen LogP contribution in [0, 0.1) is 17.8 Å². The van der Waals surface area contributed by atoms with E-state index in [0.717, 1.165) is 24.2 Å². The molecule has 0 saturated heterocycles. The van der Waals surface area contributed by atoms with E-state index in [1.54, 1.807) is 0 Å². The van der Waals surface area contributed by atoms with E-state index in [4.69, 9.17) is 0 Å². The molecule has 0 bridgehead atoms. The lowest BCUT2D eigenvalue weighted by molar-refractivity contribution is -0.118. The van der Waals surface area contributed by atoms with Gasteiger partial charge in [0.05, 0.1) is 6.54 Å². The molecule has 26 heavy (non-hydrogen) atoms. The third-order valence-corrected chi connectivity index (χ3v) is 5.31. The first kappa shape index (κ1) is 25.4. The number of carbonyl (C=O) groups is 1. The molecule has 0 aromatic heterocycles. The first-order valence-electron chi connectivity index (χ1n) is 11.0. The zero-order valence-electron chi connectivity index (χ0n) is 18.9. The van der Waals surface area contributed by atoms with Crippen molar-refractivity contribution < 1.29 is 4.79 Å². The molecule has 0 aromatic carbocycles. The maximum Gasteiger partial charge on any atom is 0.150 e. The zero-order valence-corrected chi connectivity index (χ0v) is 18.9. The molecule has 0 aliphatic rings. The highest BCUT2D eigenvalue weighted by atomic mass is 16.1. The first-order chi connectivity index (χ1) is 12.2. The predicted octanol–water partition coefficient (Wildman–Crippen LogP) is 6.89. The molecule has 2 nitrogen and oxygen atoms in total. The van der Waals surface area contributed by atoms with Gasteiger partial charge in [0.1, 0.15) is 0 Å². The van der Waals surface area contributed by atoms with Crippen LogP contribution in [0.1, 0.15) is 98.8 Å². The van der Waals surface area contributed by atoms with Gasteiger partial charge < -0.3 is 4.90 Å². The van der Waals surface area contributed by atoms with Gasteiger partial charge in [-0.05, 0) is 51.6 Å². The Morgan fingerprint density at radius 2 is 1.35 bits per heavy atom. The molecule has 0 N–H and O–H groups in total. The second-order valence-corrected chi connectivity index (χ2v) is 9.39. The van der Waals surface area contributed by atoms with E-state index in [0.29, 0.717) is 18.7 Å². The van der Waals surface area contributed by atoms with Gasteiger partial charge in [-0.15, -0.1) is 0 Å². The van der Waals surface area contributed by atoms with Crippen LogP contribution in [0.2, 0.25) is 0 Å². The molecule has 0 aromatic rings. The van der Waals surface area contributed by atoms with Gasteiger partial charge in [-0.1, -0.05) is 84.3 Å². The number of nitrogens with zero attached hydrogens (tertiary/aromatic N) is 1. The summed E-state index contributed by atoms with van der Waals surface area (Å²) >= 11 is 0. The number of ketones is 1. The molecule has 2 unspecified atom stereocenters. The minimum atomic E-state index is 0.310. The van der Waals surface area contributed by atoms with Crippen molar-refractivity contribution in [3.05, 3.63) is 11.6 Å². The normalized spacial score (nSPS) is 14.9. The Morgan fingerprint density at radius 1 is 0.846 bits per heavy atom. The Balaban J connectivity index is 3.72. The van der Waals surface area contributed by atoms with Gasteiger partial charge in [0.25, 0.3) is 0 Å². The number of Topliss-reactive ketones (excluding diaryl/α,β-unsaturated/α-hetero) is 1. The highest BCUT2D eigenvalue weighted by molar-refractivity contribution is 5.81. The van der Waals surface area contributed by atoms with Crippen molar-refractivity contribution in [2.45, 2.75) is 98.8 Å². The second kappa shape index (κ2) is 15.4. The van der Waals surface area contributed by atoms with Gasteiger partial charge in [0.15, 0.2) is 5.78 Å². The van der Waals surface area contributed by atoms with Gasteiger partial charge in [0.2, 0.25) is 0 Å². The number of carbonyl (C=O) groups excluding carboxylic acids is 1. The summed E-state index contributed by atoms with van der Waals surface area (Å²) in [5.41, 5.74) is 1.38. The molecule has 0 radical (unpaired) electrons. The van der Waals surface area contributed by atoms with Crippen molar-refractivity contribution in [2.24, 2.45) is 17.8 Å². The number of likely N-dealkylation sites (N-methyl/N-ethyl adjacent to an activating group) is 1. The van der Waals surface area contributed by atoms with Crippen LogP contribution in [0.3, 0.4) is 0 Å². The Kier molecular flexibility index (Phi) is 15.1. The fraction of sp³-hybridized carbons (Fsp3) is 0.875. The van der Waals surface area contributed by atoms with Crippen molar-refractivity contribution >= 4 is 5.78 Å². The lowest BCUT2D eigenvalue weighted by Gasteiger charge is -2.15. The highest BCUT2D eigenvalue weighted by Crippen LogP contribution is 2.22. The van der Waals surface area contributed by atoms with Crippen molar-refractivity contribution in [2.75, 3.05) is 20.6 Å². The van der Waals surface area contributed by atoms with E-state index in [1.165, 1.54) is 56.9 Å². The monoisotopic (exact) mass is 365 g/mol. The van der Waals surface area contributed by atoms with Crippen LogP contribution >= 0.6 is 0 Å². The summed E-state index contributed by atoms with van der Waals surface area (Å²) in [5, 5.41) is 0. The van der Waals surface area contributed by atoms with Crippen LogP contribution < -0.4 is 0 Å². The van der Waals surface area contributed by atoms with E-state index in [-0.39, 0.29) is 0 Å². The van der Waals surface area contributed by atoms with Gasteiger partial charge in [-0.3, -0.25) is 4.79 Å². The smallest absolute Gasteiger partial charge is 0.150 e. The maximum absolute atomic E-state index is 11.7. The standard InChI is InChI=1S/C24H47NO/c1-20(2)11-8-12-21(3)13-9-14-22(4)15-10-16-23(5)17-18-24(26)19-25(6)7/h17,20-22H,8-16,18-19H2,1-7H3. The Morgan fingerprint density at radius 3 is 1.85 bits per heavy atom. The molecule has 2 heteroatoms. The van der Waals surface area contributed by atoms with E-state index < -0.39 is 0 Å². The molecule has 154 valence electrons. The predicted molar refractivity (Wildman–Crippen MR) is 117 cm³/mol. The number of hydrogen-bond acceptors (Lipinski definition) is 2. The fourth-order valence-electron chi connectivity index (χ4n) is 3.51. The van der Waals surface area contributed by atoms with Crippen LogP contribution in [0.5, 0.6) is 0 Å². The number of allylic oxidation sites excluding steroid dienone is 2. The first-order valence-corrected chi connectivity index (χ1v) is 11.0. The lowest BCUT2D eigenvalue weighted by atomic mass is 9.91. The number of rotatable bonds is 16. The minimum Gasteiger partial charge on any atom is -0.302 e. The summed E-state index contributed by atoms with van der Waals surface area (Å²) in [7, 11) is 3.89. The third kappa shape index (κ3) is 16.8. The maximum atomic E-state index is 11.7. The van der Waals surface area contributed by atoms with Crippen LogP contribution in [0.25, 0.3) is 0 Å². The number of hydrogen-bond donors (Lipinski definition) is 0. The quantitative estimate of drug-likeness (QED) is 0.277. The molecular formula is C24H47NO. The molecule has 0 heterocycles. The largest absolute Gasteiger partial charge is 0.302 e. The van der Waals surface area contributed by atoms with E-state index >= 15 is 0 Å². The van der Waals surface area contributed by atoms with Crippen LogP contribution in [-0.2, 0) is 4.79 Å². The van der Waals surface area contributed by atoms with Crippen LogP contribution in [-0.4, -0.2) is 31.3 Å². The fourth-order valence-corrected chi connectivity index (χ4v) is 3.51. The molecule has 0 aliphatic heterocycles. The molecule has 0 saturated carbocycles. The SMILES string of the molecule is CC(=CCC(=O)CN(C)C)CCCC(C)CCCC(C)CCCC(C)C. The lowest BCUT2D eigenvalue weighted by Crippen LogP contribution is -2.20. The van der Waals surface area contributed by atoms with Crippen LogP contribution in [0.15, 0.2) is 11.6 Å². The average molecular weight is 366 g/mol. The Bertz CT molecular complexity index is 384. The molecule has 0 fully saturated rings. The molecule has 0 spiro atoms. The Hall–Kier alpha value is -0.630. The summed E-state index contributed by atoms with van der Waals surface area (Å²) in [6.45, 7) is 12.2. The molecular weight excluding hydrogens is 318 g/mol.